The Hall–Kier alpha value is -3.79. The number of halogens is 2. The van der Waals surface area contributed by atoms with Crippen molar-refractivity contribution in [3.8, 4) is 0 Å². The van der Waals surface area contributed by atoms with Gasteiger partial charge in [-0.25, -0.2) is 4.90 Å². The lowest BCUT2D eigenvalue weighted by atomic mass is 9.76. The van der Waals surface area contributed by atoms with E-state index in [4.69, 9.17) is 23.2 Å². The summed E-state index contributed by atoms with van der Waals surface area (Å²) in [6.07, 6.45) is -0.0744. The molecule has 0 unspecified atom stereocenters. The van der Waals surface area contributed by atoms with Crippen LogP contribution in [-0.4, -0.2) is 33.4 Å². The summed E-state index contributed by atoms with van der Waals surface area (Å²) in [5, 5.41) is 25.1. The summed E-state index contributed by atoms with van der Waals surface area (Å²) in [6.45, 7) is 0. The van der Waals surface area contributed by atoms with Crippen molar-refractivity contribution < 1.29 is 24.4 Å². The van der Waals surface area contributed by atoms with Gasteiger partial charge in [-0.3, -0.25) is 29.8 Å². The number of anilines is 1. The molecule has 3 aromatic rings. The molecule has 2 fully saturated rings. The molecule has 2 aliphatic rings. The molecular weight excluding hydrogens is 521 g/mol. The largest absolute Gasteiger partial charge is 0.480 e. The van der Waals surface area contributed by atoms with Crippen LogP contribution in [0.1, 0.15) is 17.2 Å². The molecular formula is C26H19Cl2N3O6. The van der Waals surface area contributed by atoms with E-state index in [0.29, 0.717) is 16.1 Å². The number of nitro benzene ring substituents is 1. The predicted molar refractivity (Wildman–Crippen MR) is 135 cm³/mol. The van der Waals surface area contributed by atoms with Crippen LogP contribution in [0.5, 0.6) is 0 Å². The van der Waals surface area contributed by atoms with Crippen molar-refractivity contribution in [2.75, 3.05) is 4.90 Å². The van der Waals surface area contributed by atoms with Crippen molar-refractivity contribution in [1.29, 1.82) is 0 Å². The molecule has 4 atom stereocenters. The quantitative estimate of drug-likeness (QED) is 0.269. The van der Waals surface area contributed by atoms with Crippen molar-refractivity contribution in [3.63, 3.8) is 0 Å². The zero-order valence-electron chi connectivity index (χ0n) is 19.0. The minimum atomic E-state index is -1.83. The third kappa shape index (κ3) is 4.05. The smallest absolute Gasteiger partial charge is 0.325 e. The first-order chi connectivity index (χ1) is 17.6. The molecule has 0 aromatic heterocycles. The molecule has 2 aliphatic heterocycles. The first-order valence-electron chi connectivity index (χ1n) is 11.3. The van der Waals surface area contributed by atoms with Crippen LogP contribution in [0.4, 0.5) is 11.4 Å². The van der Waals surface area contributed by atoms with Gasteiger partial charge in [-0.05, 0) is 29.3 Å². The number of carbonyl (C=O) groups excluding carboxylic acids is 2. The Balaban J connectivity index is 1.66. The first-order valence-corrected chi connectivity index (χ1v) is 12.0. The van der Waals surface area contributed by atoms with E-state index in [0.717, 1.165) is 4.90 Å². The van der Waals surface area contributed by atoms with E-state index < -0.39 is 46.1 Å². The molecule has 5 rings (SSSR count). The second kappa shape index (κ2) is 9.26. The van der Waals surface area contributed by atoms with E-state index in [9.17, 15) is 29.6 Å². The van der Waals surface area contributed by atoms with Gasteiger partial charge in [0.25, 0.3) is 5.69 Å². The molecule has 2 heterocycles. The normalized spacial score (nSPS) is 24.8. The van der Waals surface area contributed by atoms with Gasteiger partial charge in [0.05, 0.1) is 27.5 Å². The fraction of sp³-hybridized carbons (Fsp3) is 0.192. The summed E-state index contributed by atoms with van der Waals surface area (Å²) in [5.41, 5.74) is -0.781. The predicted octanol–water partition coefficient (Wildman–Crippen LogP) is 4.42. The highest BCUT2D eigenvalue weighted by atomic mass is 35.5. The SMILES string of the molecule is O=C1[C@H]2[C@@H](C(=O)N1c1ccc(Cl)cc1Cl)[C@@](Cc1ccccc1)(C(=O)O)N[C@H]2c1ccc([N+](=O)[O-])cc1. The summed E-state index contributed by atoms with van der Waals surface area (Å²) in [7, 11) is 0. The maximum atomic E-state index is 13.9. The molecule has 37 heavy (non-hydrogen) atoms. The second-order valence-electron chi connectivity index (χ2n) is 9.02. The number of nitrogens with one attached hydrogen (secondary N) is 1. The van der Waals surface area contributed by atoms with Gasteiger partial charge in [-0.1, -0.05) is 65.7 Å². The minimum absolute atomic E-state index is 0.0676. The third-order valence-corrected chi connectivity index (χ3v) is 7.51. The molecule has 2 saturated heterocycles. The maximum Gasteiger partial charge on any atom is 0.325 e. The Morgan fingerprint density at radius 3 is 2.30 bits per heavy atom. The van der Waals surface area contributed by atoms with Crippen LogP contribution >= 0.6 is 23.2 Å². The maximum absolute atomic E-state index is 13.9. The first kappa shape index (κ1) is 24.9. The number of benzene rings is 3. The number of fused-ring (bicyclic) bond motifs is 1. The standard InChI is InChI=1S/C26H19Cl2N3O6/c27-16-8-11-19(18(28)12-16)30-23(32)20-21(24(30)33)26(25(34)35,13-14-4-2-1-3-5-14)29-22(20)15-6-9-17(10-7-15)31(36)37/h1-12,20-22,29H,13H2,(H,34,35)/t20-,21-,22-,26-/m0/s1. The van der Waals surface area contributed by atoms with Crippen molar-refractivity contribution in [2.45, 2.75) is 18.0 Å². The number of carbonyl (C=O) groups is 3. The minimum Gasteiger partial charge on any atom is -0.480 e. The number of imide groups is 1. The molecule has 0 bridgehead atoms. The van der Waals surface area contributed by atoms with Crippen LogP contribution in [-0.2, 0) is 20.8 Å². The van der Waals surface area contributed by atoms with E-state index in [1.807, 2.05) is 0 Å². The number of hydrogen-bond acceptors (Lipinski definition) is 6. The zero-order valence-corrected chi connectivity index (χ0v) is 20.5. The molecule has 9 nitrogen and oxygen atoms in total. The van der Waals surface area contributed by atoms with E-state index in [1.165, 1.54) is 42.5 Å². The van der Waals surface area contributed by atoms with E-state index in [1.54, 1.807) is 30.3 Å². The topological polar surface area (TPSA) is 130 Å². The van der Waals surface area contributed by atoms with Crippen LogP contribution < -0.4 is 10.2 Å². The monoisotopic (exact) mass is 539 g/mol. The number of hydrogen-bond donors (Lipinski definition) is 2. The fourth-order valence-electron chi connectivity index (χ4n) is 5.35. The van der Waals surface area contributed by atoms with Gasteiger partial charge in [0, 0.05) is 29.6 Å². The van der Waals surface area contributed by atoms with Gasteiger partial charge in [-0.15, -0.1) is 0 Å². The number of carboxylic acids is 1. The molecule has 3 aromatic carbocycles. The average Bonchev–Trinajstić information content (AvgIpc) is 3.34. The lowest BCUT2D eigenvalue weighted by Gasteiger charge is -2.31. The van der Waals surface area contributed by atoms with Crippen LogP contribution in [0.25, 0.3) is 0 Å². The van der Waals surface area contributed by atoms with E-state index in [-0.39, 0.29) is 22.8 Å². The van der Waals surface area contributed by atoms with Crippen LogP contribution in [0, 0.1) is 22.0 Å². The Morgan fingerprint density at radius 1 is 1.03 bits per heavy atom. The highest BCUT2D eigenvalue weighted by Crippen LogP contribution is 2.51. The van der Waals surface area contributed by atoms with Gasteiger partial charge in [-0.2, -0.15) is 0 Å². The second-order valence-corrected chi connectivity index (χ2v) is 9.86. The van der Waals surface area contributed by atoms with Crippen molar-refractivity contribution in [3.05, 3.63) is 104 Å². The summed E-state index contributed by atoms with van der Waals surface area (Å²) >= 11 is 12.3. The van der Waals surface area contributed by atoms with Gasteiger partial charge in [0.15, 0.2) is 0 Å². The molecule has 0 aliphatic carbocycles. The van der Waals surface area contributed by atoms with Gasteiger partial charge >= 0.3 is 5.97 Å². The highest BCUT2D eigenvalue weighted by molar-refractivity contribution is 6.38. The number of nitrogens with zero attached hydrogens (tertiary/aromatic N) is 2. The van der Waals surface area contributed by atoms with Gasteiger partial charge in [0.2, 0.25) is 11.8 Å². The van der Waals surface area contributed by atoms with E-state index >= 15 is 0 Å². The van der Waals surface area contributed by atoms with Gasteiger partial charge < -0.3 is 5.11 Å². The Morgan fingerprint density at radius 2 is 1.70 bits per heavy atom. The summed E-state index contributed by atoms with van der Waals surface area (Å²) in [4.78, 5) is 52.2. The molecule has 188 valence electrons. The molecule has 0 saturated carbocycles. The zero-order chi connectivity index (χ0) is 26.5. The summed E-state index contributed by atoms with van der Waals surface area (Å²) < 4.78 is 0. The number of non-ortho nitro benzene ring substituents is 1. The lowest BCUT2D eigenvalue weighted by Crippen LogP contribution is -2.57. The molecule has 0 radical (unpaired) electrons. The van der Waals surface area contributed by atoms with Crippen LogP contribution in [0.2, 0.25) is 10.0 Å². The Kier molecular flexibility index (Phi) is 6.23. The van der Waals surface area contributed by atoms with E-state index in [2.05, 4.69) is 5.32 Å². The third-order valence-electron chi connectivity index (χ3n) is 6.98. The molecule has 11 heteroatoms. The molecule has 2 amide bonds. The number of aliphatic carboxylic acids is 1. The number of carboxylic acid groups (broad SMARTS) is 1. The summed E-state index contributed by atoms with van der Waals surface area (Å²) in [6, 6.07) is 17.7. The Labute approximate surface area is 220 Å². The molecule has 2 N–H and O–H groups in total. The van der Waals surface area contributed by atoms with Crippen molar-refractivity contribution >= 4 is 52.4 Å². The van der Waals surface area contributed by atoms with Crippen molar-refractivity contribution in [1.82, 2.24) is 5.32 Å². The highest BCUT2D eigenvalue weighted by Gasteiger charge is 2.68. The number of rotatable bonds is 6. The fourth-order valence-corrected chi connectivity index (χ4v) is 5.84. The lowest BCUT2D eigenvalue weighted by molar-refractivity contribution is -0.384. The van der Waals surface area contributed by atoms with Crippen molar-refractivity contribution in [2.24, 2.45) is 11.8 Å². The average molecular weight is 540 g/mol. The number of nitro groups is 1. The van der Waals surface area contributed by atoms with Gasteiger partial charge in [0.1, 0.15) is 5.54 Å². The van der Waals surface area contributed by atoms with Crippen LogP contribution in [0.15, 0.2) is 72.8 Å². The number of amides is 2. The van der Waals surface area contributed by atoms with Crippen LogP contribution in [0.3, 0.4) is 0 Å². The summed E-state index contributed by atoms with van der Waals surface area (Å²) in [5.74, 6) is -4.98. The molecule has 0 spiro atoms. The Bertz CT molecular complexity index is 1430.